The maximum atomic E-state index is 10.5. The molecule has 4 atom stereocenters. The summed E-state index contributed by atoms with van der Waals surface area (Å²) >= 11 is 0. The smallest absolute Gasteiger partial charge is 0.394 e. The normalized spacial score (nSPS) is 38.9. The zero-order chi connectivity index (χ0) is 10.9. The number of rotatable bonds is 3. The van der Waals surface area contributed by atoms with E-state index in [1.165, 1.54) is 6.92 Å². The van der Waals surface area contributed by atoms with Crippen molar-refractivity contribution in [3.8, 4) is 0 Å². The summed E-state index contributed by atoms with van der Waals surface area (Å²) in [7, 11) is -4.68. The SMILES string of the molecule is C[C@@H]1O[C@H](CO)[C@@H](OP(=O)(O)O)[C@H]1O. The molecule has 0 aromatic rings. The van der Waals surface area contributed by atoms with Gasteiger partial charge in [0, 0.05) is 0 Å². The highest BCUT2D eigenvalue weighted by molar-refractivity contribution is 7.46. The van der Waals surface area contributed by atoms with Crippen LogP contribution in [0.4, 0.5) is 0 Å². The largest absolute Gasteiger partial charge is 0.470 e. The summed E-state index contributed by atoms with van der Waals surface area (Å²) in [6, 6.07) is 0. The molecular formula is C6H13O7P. The summed E-state index contributed by atoms with van der Waals surface area (Å²) < 4.78 is 19.9. The summed E-state index contributed by atoms with van der Waals surface area (Å²) in [4.78, 5) is 17.1. The molecule has 14 heavy (non-hydrogen) atoms. The molecule has 1 saturated heterocycles. The maximum Gasteiger partial charge on any atom is 0.470 e. The van der Waals surface area contributed by atoms with Crippen molar-refractivity contribution in [1.82, 2.24) is 0 Å². The van der Waals surface area contributed by atoms with Gasteiger partial charge in [0.25, 0.3) is 0 Å². The lowest BCUT2D eigenvalue weighted by molar-refractivity contribution is -0.0169. The monoisotopic (exact) mass is 228 g/mol. The zero-order valence-corrected chi connectivity index (χ0v) is 8.37. The molecule has 0 radical (unpaired) electrons. The molecule has 0 spiro atoms. The molecule has 1 aliphatic rings. The van der Waals surface area contributed by atoms with E-state index in [4.69, 9.17) is 19.6 Å². The summed E-state index contributed by atoms with van der Waals surface area (Å²) in [5.74, 6) is 0. The fourth-order valence-electron chi connectivity index (χ4n) is 1.36. The van der Waals surface area contributed by atoms with Crippen LogP contribution in [0.3, 0.4) is 0 Å². The van der Waals surface area contributed by atoms with Gasteiger partial charge < -0.3 is 24.7 Å². The van der Waals surface area contributed by atoms with Crippen molar-refractivity contribution in [1.29, 1.82) is 0 Å². The molecule has 1 fully saturated rings. The van der Waals surface area contributed by atoms with E-state index in [2.05, 4.69) is 4.52 Å². The third-order valence-corrected chi connectivity index (χ3v) is 2.53. The van der Waals surface area contributed by atoms with Gasteiger partial charge >= 0.3 is 7.82 Å². The molecular weight excluding hydrogens is 215 g/mol. The van der Waals surface area contributed by atoms with Crippen LogP contribution in [0.2, 0.25) is 0 Å². The van der Waals surface area contributed by atoms with Crippen LogP contribution >= 0.6 is 7.82 Å². The van der Waals surface area contributed by atoms with Crippen molar-refractivity contribution in [3.63, 3.8) is 0 Å². The lowest BCUT2D eigenvalue weighted by Gasteiger charge is -2.19. The first-order chi connectivity index (χ1) is 6.35. The van der Waals surface area contributed by atoms with Crippen LogP contribution in [0.1, 0.15) is 6.92 Å². The Hall–Kier alpha value is -0.0100. The van der Waals surface area contributed by atoms with E-state index in [1.54, 1.807) is 0 Å². The van der Waals surface area contributed by atoms with Crippen molar-refractivity contribution in [2.45, 2.75) is 31.3 Å². The Kier molecular flexibility index (Phi) is 3.65. The second-order valence-corrected chi connectivity index (χ2v) is 4.31. The molecule has 4 N–H and O–H groups in total. The van der Waals surface area contributed by atoms with Gasteiger partial charge in [0.2, 0.25) is 0 Å². The molecule has 0 unspecified atom stereocenters. The number of aliphatic hydroxyl groups is 2. The summed E-state index contributed by atoms with van der Waals surface area (Å²) in [5.41, 5.74) is 0. The molecule has 0 saturated carbocycles. The van der Waals surface area contributed by atoms with Gasteiger partial charge in [-0.1, -0.05) is 0 Å². The summed E-state index contributed by atoms with van der Waals surface area (Å²) in [6.07, 6.45) is -3.88. The molecule has 0 aromatic heterocycles. The Bertz CT molecular complexity index is 238. The number of phosphoric acid groups is 1. The molecule has 0 bridgehead atoms. The van der Waals surface area contributed by atoms with Crippen molar-refractivity contribution in [3.05, 3.63) is 0 Å². The average Bonchev–Trinajstić information content (AvgIpc) is 2.30. The molecule has 1 rings (SSSR count). The third kappa shape index (κ3) is 2.74. The molecule has 1 aliphatic heterocycles. The highest BCUT2D eigenvalue weighted by atomic mass is 31.2. The van der Waals surface area contributed by atoms with Gasteiger partial charge in [-0.3, -0.25) is 4.52 Å². The van der Waals surface area contributed by atoms with E-state index >= 15 is 0 Å². The van der Waals surface area contributed by atoms with Crippen molar-refractivity contribution >= 4 is 7.82 Å². The van der Waals surface area contributed by atoms with Gasteiger partial charge in [-0.2, -0.15) is 0 Å². The van der Waals surface area contributed by atoms with Crippen molar-refractivity contribution < 1.29 is 33.8 Å². The maximum absolute atomic E-state index is 10.5. The molecule has 1 heterocycles. The Morgan fingerprint density at radius 2 is 2.07 bits per heavy atom. The third-order valence-electron chi connectivity index (χ3n) is 2.01. The van der Waals surface area contributed by atoms with Crippen LogP contribution in [0.15, 0.2) is 0 Å². The predicted molar refractivity (Wildman–Crippen MR) is 44.3 cm³/mol. The van der Waals surface area contributed by atoms with Gasteiger partial charge in [-0.25, -0.2) is 4.57 Å². The highest BCUT2D eigenvalue weighted by Crippen LogP contribution is 2.41. The molecule has 8 heteroatoms. The minimum Gasteiger partial charge on any atom is -0.394 e. The van der Waals surface area contributed by atoms with Crippen LogP contribution in [-0.2, 0) is 13.8 Å². The van der Waals surface area contributed by atoms with Crippen LogP contribution in [0, 0.1) is 0 Å². The van der Waals surface area contributed by atoms with Crippen molar-refractivity contribution in [2.75, 3.05) is 6.61 Å². The van der Waals surface area contributed by atoms with Crippen molar-refractivity contribution in [2.24, 2.45) is 0 Å². The number of aliphatic hydroxyl groups excluding tert-OH is 2. The summed E-state index contributed by atoms with van der Waals surface area (Å²) in [5, 5.41) is 18.2. The Balaban J connectivity index is 2.69. The van der Waals surface area contributed by atoms with Gasteiger partial charge in [-0.05, 0) is 6.92 Å². The minimum absolute atomic E-state index is 0.466. The van der Waals surface area contributed by atoms with Gasteiger partial charge in [-0.15, -0.1) is 0 Å². The lowest BCUT2D eigenvalue weighted by Crippen LogP contribution is -2.35. The van der Waals surface area contributed by atoms with Gasteiger partial charge in [0.15, 0.2) is 0 Å². The molecule has 0 aliphatic carbocycles. The van der Waals surface area contributed by atoms with E-state index in [1.807, 2.05) is 0 Å². The first kappa shape index (κ1) is 12.1. The van der Waals surface area contributed by atoms with Crippen LogP contribution in [-0.4, -0.2) is 51.0 Å². The summed E-state index contributed by atoms with van der Waals surface area (Å²) in [6.45, 7) is 1.06. The zero-order valence-electron chi connectivity index (χ0n) is 7.48. The molecule has 7 nitrogen and oxygen atoms in total. The number of hydrogen-bond donors (Lipinski definition) is 4. The minimum atomic E-state index is -4.68. The van der Waals surface area contributed by atoms with E-state index in [0.717, 1.165) is 0 Å². The van der Waals surface area contributed by atoms with E-state index in [9.17, 15) is 9.67 Å². The van der Waals surface area contributed by atoms with E-state index < -0.39 is 38.8 Å². The number of hydrogen-bond acceptors (Lipinski definition) is 5. The lowest BCUT2D eigenvalue weighted by atomic mass is 10.1. The Morgan fingerprint density at radius 1 is 1.50 bits per heavy atom. The Morgan fingerprint density at radius 3 is 2.50 bits per heavy atom. The number of phosphoric ester groups is 1. The second kappa shape index (κ2) is 4.24. The Labute approximate surface area is 80.5 Å². The van der Waals surface area contributed by atoms with Gasteiger partial charge in [0.05, 0.1) is 12.7 Å². The molecule has 0 amide bonds. The van der Waals surface area contributed by atoms with E-state index in [-0.39, 0.29) is 0 Å². The predicted octanol–water partition coefficient (Wildman–Crippen LogP) is -1.40. The molecule has 84 valence electrons. The number of ether oxygens (including phenoxy) is 1. The first-order valence-electron chi connectivity index (χ1n) is 4.03. The highest BCUT2D eigenvalue weighted by Gasteiger charge is 2.44. The second-order valence-electron chi connectivity index (χ2n) is 3.11. The van der Waals surface area contributed by atoms with Crippen LogP contribution < -0.4 is 0 Å². The van der Waals surface area contributed by atoms with Crippen LogP contribution in [0.25, 0.3) is 0 Å². The average molecular weight is 228 g/mol. The fraction of sp³-hybridized carbons (Fsp3) is 1.00. The topological polar surface area (TPSA) is 116 Å². The van der Waals surface area contributed by atoms with Crippen LogP contribution in [0.5, 0.6) is 0 Å². The first-order valence-corrected chi connectivity index (χ1v) is 5.56. The van der Waals surface area contributed by atoms with Gasteiger partial charge in [0.1, 0.15) is 18.3 Å². The quantitative estimate of drug-likeness (QED) is 0.439. The standard InChI is InChI=1S/C6H13O7P/c1-3-5(8)6(4(2-7)12-3)13-14(9,10)11/h3-8H,2H2,1H3,(H2,9,10,11)/t3-,4+,5-,6+/m0/s1. The fourth-order valence-corrected chi connectivity index (χ4v) is 1.93. The molecule has 0 aromatic carbocycles. The van der Waals surface area contributed by atoms with E-state index in [0.29, 0.717) is 0 Å².